The molecule has 1 atom stereocenters. The molecule has 1 aliphatic heterocycles. The maximum Gasteiger partial charge on any atom is 0.338 e. The van der Waals surface area contributed by atoms with Crippen LogP contribution in [-0.2, 0) is 14.3 Å². The molecule has 0 aliphatic carbocycles. The van der Waals surface area contributed by atoms with E-state index in [2.05, 4.69) is 26.1 Å². The van der Waals surface area contributed by atoms with Crippen molar-refractivity contribution in [2.24, 2.45) is 5.10 Å². The standard InChI is InChI=1S/C26H27N5O4S/c1-4-34-25(33)23-16(3)29-26(36)30-24(23)18-10-6-8-12-21(18)35-14-22(32)31-27-13-19-15(2)28-20-11-7-5-9-17(19)20/h5-13,24,28H,4,14H2,1-3H3,(H,31,32)(H2,29,30,36)/t24-/m1/s1. The molecule has 1 amide bonds. The summed E-state index contributed by atoms with van der Waals surface area (Å²) in [5.74, 6) is -0.456. The van der Waals surface area contributed by atoms with Crippen LogP contribution in [0.1, 0.15) is 36.7 Å². The number of carbonyl (C=O) groups excluding carboxylic acids is 2. The molecule has 3 aromatic rings. The number of ether oxygens (including phenoxy) is 2. The van der Waals surface area contributed by atoms with E-state index in [1.54, 1.807) is 32.2 Å². The van der Waals surface area contributed by atoms with Crippen LogP contribution in [-0.4, -0.2) is 41.4 Å². The van der Waals surface area contributed by atoms with E-state index in [0.717, 1.165) is 22.2 Å². The van der Waals surface area contributed by atoms with E-state index in [4.69, 9.17) is 21.7 Å². The van der Waals surface area contributed by atoms with Gasteiger partial charge in [-0.3, -0.25) is 4.79 Å². The number of benzene rings is 2. The molecule has 186 valence electrons. The monoisotopic (exact) mass is 505 g/mol. The van der Waals surface area contributed by atoms with Gasteiger partial charge < -0.3 is 25.1 Å². The Morgan fingerprint density at radius 2 is 1.89 bits per heavy atom. The highest BCUT2D eigenvalue weighted by Gasteiger charge is 2.32. The predicted molar refractivity (Wildman–Crippen MR) is 142 cm³/mol. The molecule has 4 rings (SSSR count). The van der Waals surface area contributed by atoms with Crippen LogP contribution in [0.15, 0.2) is 64.9 Å². The lowest BCUT2D eigenvalue weighted by Crippen LogP contribution is -2.45. The lowest BCUT2D eigenvalue weighted by Gasteiger charge is -2.30. The third kappa shape index (κ3) is 5.38. The van der Waals surface area contributed by atoms with Crippen molar-refractivity contribution in [1.82, 2.24) is 21.0 Å². The first-order chi connectivity index (χ1) is 17.4. The number of rotatable bonds is 8. The van der Waals surface area contributed by atoms with Gasteiger partial charge in [0.15, 0.2) is 11.7 Å². The SMILES string of the molecule is CCOC(=O)C1=C(C)NC(=S)N[C@@H]1c1ccccc1OCC(=O)NN=Cc1c(C)[nH]c2ccccc12. The fraction of sp³-hybridized carbons (Fsp3) is 0.231. The van der Waals surface area contributed by atoms with Crippen molar-refractivity contribution < 1.29 is 19.1 Å². The van der Waals surface area contributed by atoms with E-state index in [1.165, 1.54) is 0 Å². The Balaban J connectivity index is 1.46. The zero-order valence-electron chi connectivity index (χ0n) is 20.2. The fourth-order valence-electron chi connectivity index (χ4n) is 4.07. The van der Waals surface area contributed by atoms with Crippen molar-refractivity contribution in [3.8, 4) is 5.75 Å². The highest BCUT2D eigenvalue weighted by atomic mass is 32.1. The van der Waals surface area contributed by atoms with Gasteiger partial charge in [0.25, 0.3) is 5.91 Å². The number of carbonyl (C=O) groups is 2. The lowest BCUT2D eigenvalue weighted by molar-refractivity contribution is -0.139. The summed E-state index contributed by atoms with van der Waals surface area (Å²) in [6, 6.07) is 14.4. The molecule has 9 nitrogen and oxygen atoms in total. The number of aromatic nitrogens is 1. The van der Waals surface area contributed by atoms with Crippen molar-refractivity contribution in [2.45, 2.75) is 26.8 Å². The second kappa shape index (κ2) is 11.0. The topological polar surface area (TPSA) is 117 Å². The van der Waals surface area contributed by atoms with Crippen molar-refractivity contribution in [3.05, 3.63) is 76.6 Å². The van der Waals surface area contributed by atoms with E-state index in [-0.39, 0.29) is 13.2 Å². The molecule has 1 aliphatic rings. The maximum absolute atomic E-state index is 12.7. The molecule has 0 saturated carbocycles. The molecule has 2 aromatic carbocycles. The number of esters is 1. The van der Waals surface area contributed by atoms with Gasteiger partial charge in [-0.1, -0.05) is 36.4 Å². The number of nitrogens with one attached hydrogen (secondary N) is 4. The number of hydrogen-bond donors (Lipinski definition) is 4. The summed E-state index contributed by atoms with van der Waals surface area (Å²) in [4.78, 5) is 28.4. The molecule has 0 radical (unpaired) electrons. The molecule has 36 heavy (non-hydrogen) atoms. The van der Waals surface area contributed by atoms with Crippen molar-refractivity contribution in [2.75, 3.05) is 13.2 Å². The van der Waals surface area contributed by atoms with Crippen molar-refractivity contribution in [3.63, 3.8) is 0 Å². The van der Waals surface area contributed by atoms with E-state index < -0.39 is 17.9 Å². The van der Waals surface area contributed by atoms with Crippen LogP contribution >= 0.6 is 12.2 Å². The first-order valence-corrected chi connectivity index (χ1v) is 11.9. The molecule has 0 spiro atoms. The average molecular weight is 506 g/mol. The Labute approximate surface area is 213 Å². The number of allylic oxidation sites excluding steroid dienone is 1. The predicted octanol–water partition coefficient (Wildman–Crippen LogP) is 3.36. The molecular weight excluding hydrogens is 478 g/mol. The quantitative estimate of drug-likeness (QED) is 0.161. The highest BCUT2D eigenvalue weighted by Crippen LogP contribution is 2.33. The molecule has 0 unspecified atom stereocenters. The summed E-state index contributed by atoms with van der Waals surface area (Å²) in [5.41, 5.74) is 6.99. The zero-order valence-corrected chi connectivity index (χ0v) is 21.0. The first kappa shape index (κ1) is 24.9. The molecular formula is C26H27N5O4S. The van der Waals surface area contributed by atoms with Crippen LogP contribution in [0.25, 0.3) is 10.9 Å². The van der Waals surface area contributed by atoms with Gasteiger partial charge in [-0.25, -0.2) is 10.2 Å². The number of aromatic amines is 1. The van der Waals surface area contributed by atoms with Gasteiger partial charge in [0, 0.05) is 33.4 Å². The fourth-order valence-corrected chi connectivity index (χ4v) is 4.34. The summed E-state index contributed by atoms with van der Waals surface area (Å²) in [7, 11) is 0. The minimum atomic E-state index is -0.597. The number of hydrazone groups is 1. The van der Waals surface area contributed by atoms with E-state index in [9.17, 15) is 9.59 Å². The largest absolute Gasteiger partial charge is 0.483 e. The third-order valence-electron chi connectivity index (χ3n) is 5.68. The van der Waals surface area contributed by atoms with Gasteiger partial charge >= 0.3 is 5.97 Å². The number of amides is 1. The van der Waals surface area contributed by atoms with Gasteiger partial charge in [0.05, 0.1) is 24.4 Å². The Morgan fingerprint density at radius 3 is 2.69 bits per heavy atom. The number of aryl methyl sites for hydroxylation is 1. The maximum atomic E-state index is 12.7. The van der Waals surface area contributed by atoms with Gasteiger partial charge in [-0.05, 0) is 45.1 Å². The summed E-state index contributed by atoms with van der Waals surface area (Å²) < 4.78 is 11.1. The average Bonchev–Trinajstić information content (AvgIpc) is 3.17. The number of nitrogens with zero attached hydrogens (tertiary/aromatic N) is 1. The molecule has 10 heteroatoms. The van der Waals surface area contributed by atoms with Crippen LogP contribution in [0.2, 0.25) is 0 Å². The van der Waals surface area contributed by atoms with Crippen LogP contribution in [0.4, 0.5) is 0 Å². The summed E-state index contributed by atoms with van der Waals surface area (Å²) >= 11 is 5.30. The minimum Gasteiger partial charge on any atom is -0.483 e. The molecule has 4 N–H and O–H groups in total. The second-order valence-corrected chi connectivity index (χ2v) is 8.53. The van der Waals surface area contributed by atoms with Gasteiger partial charge in [0.1, 0.15) is 5.75 Å². The van der Waals surface area contributed by atoms with Crippen molar-refractivity contribution in [1.29, 1.82) is 0 Å². The number of thiocarbonyl (C=S) groups is 1. The Morgan fingerprint density at radius 1 is 1.14 bits per heavy atom. The number of fused-ring (bicyclic) bond motifs is 1. The molecule has 1 aromatic heterocycles. The molecule has 0 fully saturated rings. The van der Waals surface area contributed by atoms with Crippen LogP contribution in [0.3, 0.4) is 0 Å². The molecule has 0 bridgehead atoms. The second-order valence-electron chi connectivity index (χ2n) is 8.12. The normalized spacial score (nSPS) is 15.5. The Hall–Kier alpha value is -4.18. The van der Waals surface area contributed by atoms with Gasteiger partial charge in [0.2, 0.25) is 0 Å². The first-order valence-electron chi connectivity index (χ1n) is 11.4. The van der Waals surface area contributed by atoms with E-state index >= 15 is 0 Å². The minimum absolute atomic E-state index is 0.240. The summed E-state index contributed by atoms with van der Waals surface area (Å²) in [5, 5.41) is 11.6. The zero-order chi connectivity index (χ0) is 25.7. The number of para-hydroxylation sites is 2. The highest BCUT2D eigenvalue weighted by molar-refractivity contribution is 7.80. The van der Waals surface area contributed by atoms with E-state index in [1.807, 2.05) is 43.3 Å². The number of H-pyrrole nitrogens is 1. The smallest absolute Gasteiger partial charge is 0.338 e. The van der Waals surface area contributed by atoms with Crippen LogP contribution < -0.4 is 20.8 Å². The summed E-state index contributed by atoms with van der Waals surface area (Å²) in [6.45, 7) is 5.42. The van der Waals surface area contributed by atoms with Crippen LogP contribution in [0.5, 0.6) is 5.75 Å². The summed E-state index contributed by atoms with van der Waals surface area (Å²) in [6.07, 6.45) is 1.61. The Bertz CT molecular complexity index is 1380. The lowest BCUT2D eigenvalue weighted by atomic mass is 9.95. The molecule has 0 saturated heterocycles. The third-order valence-corrected chi connectivity index (χ3v) is 5.90. The van der Waals surface area contributed by atoms with Crippen LogP contribution in [0, 0.1) is 6.92 Å². The van der Waals surface area contributed by atoms with Gasteiger partial charge in [-0.2, -0.15) is 5.10 Å². The molecule has 2 heterocycles. The number of hydrogen-bond acceptors (Lipinski definition) is 6. The van der Waals surface area contributed by atoms with E-state index in [0.29, 0.717) is 27.7 Å². The van der Waals surface area contributed by atoms with Crippen molar-refractivity contribution >= 4 is 46.3 Å². The van der Waals surface area contributed by atoms with Gasteiger partial charge in [-0.15, -0.1) is 0 Å². The Kier molecular flexibility index (Phi) is 7.65.